The highest BCUT2D eigenvalue weighted by Crippen LogP contribution is 2.19. The fourth-order valence-electron chi connectivity index (χ4n) is 2.78. The number of aromatic nitrogens is 6. The smallest absolute Gasteiger partial charge is 0.258 e. The molecular weight excluding hydrogens is 358 g/mol. The molecule has 4 rings (SSSR count). The predicted octanol–water partition coefficient (Wildman–Crippen LogP) is 2.01. The van der Waals surface area contributed by atoms with E-state index >= 15 is 0 Å². The van der Waals surface area contributed by atoms with Crippen molar-refractivity contribution in [3.05, 3.63) is 54.4 Å². The minimum absolute atomic E-state index is 0.0900. The Bertz CT molecular complexity index is 1070. The molecular formula is C19H19N7O2. The zero-order valence-electron chi connectivity index (χ0n) is 15.5. The van der Waals surface area contributed by atoms with Gasteiger partial charge in [-0.2, -0.15) is 4.80 Å². The number of nitrogens with one attached hydrogen (secondary N) is 2. The van der Waals surface area contributed by atoms with Crippen LogP contribution in [0, 0.1) is 0 Å². The minimum atomic E-state index is -0.256. The van der Waals surface area contributed by atoms with Gasteiger partial charge in [0, 0.05) is 5.56 Å². The highest BCUT2D eigenvalue weighted by molar-refractivity contribution is 5.78. The van der Waals surface area contributed by atoms with Crippen molar-refractivity contribution in [3.63, 3.8) is 0 Å². The molecule has 0 aliphatic heterocycles. The zero-order valence-corrected chi connectivity index (χ0v) is 15.5. The summed E-state index contributed by atoms with van der Waals surface area (Å²) in [4.78, 5) is 21.3. The summed E-state index contributed by atoms with van der Waals surface area (Å²) in [7, 11) is 1.71. The summed E-state index contributed by atoms with van der Waals surface area (Å²) in [5, 5.41) is 14.8. The number of fused-ring (bicyclic) bond motifs is 1. The van der Waals surface area contributed by atoms with Gasteiger partial charge < -0.3 is 15.0 Å². The lowest BCUT2D eigenvalue weighted by Crippen LogP contribution is -2.31. The SMILES string of the molecule is CC(NC(=O)COc1ccc(-c2nnn(C)n2)cc1)c1nc2ccccc2[nH]1. The fraction of sp³-hybridized carbons (Fsp3) is 0.211. The Balaban J connectivity index is 1.32. The first kappa shape index (κ1) is 17.7. The molecule has 2 aromatic heterocycles. The van der Waals surface area contributed by atoms with Crippen molar-refractivity contribution in [1.82, 2.24) is 35.5 Å². The molecule has 2 aromatic carbocycles. The number of amides is 1. The van der Waals surface area contributed by atoms with Gasteiger partial charge in [-0.15, -0.1) is 10.2 Å². The lowest BCUT2D eigenvalue weighted by Gasteiger charge is -2.12. The molecule has 0 bridgehead atoms. The van der Waals surface area contributed by atoms with Crippen LogP contribution in [0.4, 0.5) is 0 Å². The fourth-order valence-corrected chi connectivity index (χ4v) is 2.78. The number of rotatable bonds is 6. The van der Waals surface area contributed by atoms with Crippen molar-refractivity contribution in [2.24, 2.45) is 7.05 Å². The van der Waals surface area contributed by atoms with Gasteiger partial charge in [-0.3, -0.25) is 4.79 Å². The molecule has 9 heteroatoms. The normalized spacial score (nSPS) is 12.1. The molecule has 0 spiro atoms. The van der Waals surface area contributed by atoms with Gasteiger partial charge in [0.2, 0.25) is 5.82 Å². The van der Waals surface area contributed by atoms with E-state index in [2.05, 4.69) is 30.7 Å². The van der Waals surface area contributed by atoms with Crippen molar-refractivity contribution in [3.8, 4) is 17.1 Å². The highest BCUT2D eigenvalue weighted by Gasteiger charge is 2.14. The van der Waals surface area contributed by atoms with Crippen LogP contribution < -0.4 is 10.1 Å². The second kappa shape index (κ2) is 7.47. The van der Waals surface area contributed by atoms with Crippen LogP contribution in [-0.4, -0.2) is 42.7 Å². The third-order valence-corrected chi connectivity index (χ3v) is 4.19. The maximum absolute atomic E-state index is 12.2. The third kappa shape index (κ3) is 3.83. The lowest BCUT2D eigenvalue weighted by atomic mass is 10.2. The number of aromatic amines is 1. The summed E-state index contributed by atoms with van der Waals surface area (Å²) in [6.07, 6.45) is 0. The second-order valence-electron chi connectivity index (χ2n) is 6.34. The first-order chi connectivity index (χ1) is 13.6. The van der Waals surface area contributed by atoms with E-state index in [0.29, 0.717) is 17.4 Å². The van der Waals surface area contributed by atoms with Crippen molar-refractivity contribution < 1.29 is 9.53 Å². The Kier molecular flexibility index (Phi) is 4.71. The molecule has 9 nitrogen and oxygen atoms in total. The summed E-state index contributed by atoms with van der Waals surface area (Å²) in [6, 6.07) is 14.7. The summed E-state index contributed by atoms with van der Waals surface area (Å²) in [6.45, 7) is 1.78. The Labute approximate surface area is 160 Å². The highest BCUT2D eigenvalue weighted by atomic mass is 16.5. The van der Waals surface area contributed by atoms with Crippen LogP contribution in [0.15, 0.2) is 48.5 Å². The lowest BCUT2D eigenvalue weighted by molar-refractivity contribution is -0.123. The Morgan fingerprint density at radius 3 is 2.71 bits per heavy atom. The molecule has 1 amide bonds. The molecule has 0 saturated carbocycles. The van der Waals surface area contributed by atoms with E-state index in [9.17, 15) is 4.79 Å². The van der Waals surface area contributed by atoms with Gasteiger partial charge in [-0.05, 0) is 48.5 Å². The number of carbonyl (C=O) groups excluding carboxylic acids is 1. The maximum Gasteiger partial charge on any atom is 0.258 e. The largest absolute Gasteiger partial charge is 0.484 e. The van der Waals surface area contributed by atoms with Gasteiger partial charge in [-0.1, -0.05) is 12.1 Å². The third-order valence-electron chi connectivity index (χ3n) is 4.19. The number of benzene rings is 2. The van der Waals surface area contributed by atoms with Crippen LogP contribution >= 0.6 is 0 Å². The maximum atomic E-state index is 12.2. The number of H-pyrrole nitrogens is 1. The number of para-hydroxylation sites is 2. The number of aryl methyl sites for hydroxylation is 1. The molecule has 4 aromatic rings. The number of nitrogens with zero attached hydrogens (tertiary/aromatic N) is 5. The Morgan fingerprint density at radius 2 is 2.00 bits per heavy atom. The van der Waals surface area contributed by atoms with Crippen molar-refractivity contribution >= 4 is 16.9 Å². The summed E-state index contributed by atoms with van der Waals surface area (Å²) in [5.41, 5.74) is 2.63. The topological polar surface area (TPSA) is 111 Å². The molecule has 142 valence electrons. The van der Waals surface area contributed by atoms with Crippen LogP contribution in [0.3, 0.4) is 0 Å². The average molecular weight is 377 g/mol. The number of ether oxygens (including phenoxy) is 1. The molecule has 0 aliphatic rings. The molecule has 28 heavy (non-hydrogen) atoms. The summed E-state index contributed by atoms with van der Waals surface area (Å²) in [5.74, 6) is 1.59. The van der Waals surface area contributed by atoms with Gasteiger partial charge in [0.25, 0.3) is 5.91 Å². The number of hydrogen-bond donors (Lipinski definition) is 2. The van der Waals surface area contributed by atoms with Crippen LogP contribution in [0.5, 0.6) is 5.75 Å². The Morgan fingerprint density at radius 1 is 1.21 bits per heavy atom. The average Bonchev–Trinajstić information content (AvgIpc) is 3.33. The number of tetrazole rings is 1. The van der Waals surface area contributed by atoms with Gasteiger partial charge in [-0.25, -0.2) is 4.98 Å². The number of carbonyl (C=O) groups is 1. The van der Waals surface area contributed by atoms with E-state index in [1.54, 1.807) is 19.2 Å². The van der Waals surface area contributed by atoms with Gasteiger partial charge in [0.15, 0.2) is 6.61 Å². The molecule has 0 radical (unpaired) electrons. The summed E-state index contributed by atoms with van der Waals surface area (Å²) >= 11 is 0. The first-order valence-corrected chi connectivity index (χ1v) is 8.80. The van der Waals surface area contributed by atoms with Crippen LogP contribution in [0.25, 0.3) is 22.4 Å². The van der Waals surface area contributed by atoms with Crippen molar-refractivity contribution in [2.45, 2.75) is 13.0 Å². The van der Waals surface area contributed by atoms with Crippen LogP contribution in [0.2, 0.25) is 0 Å². The van der Waals surface area contributed by atoms with E-state index < -0.39 is 0 Å². The van der Waals surface area contributed by atoms with Gasteiger partial charge in [0.1, 0.15) is 11.6 Å². The van der Waals surface area contributed by atoms with E-state index in [4.69, 9.17) is 4.74 Å². The van der Waals surface area contributed by atoms with Gasteiger partial charge in [0.05, 0.1) is 24.1 Å². The minimum Gasteiger partial charge on any atom is -0.484 e. The van der Waals surface area contributed by atoms with E-state index in [0.717, 1.165) is 16.6 Å². The summed E-state index contributed by atoms with van der Waals surface area (Å²) < 4.78 is 5.56. The standard InChI is InChI=1S/C19H19N7O2/c1-12(18-21-15-5-3-4-6-16(15)22-18)20-17(27)11-28-14-9-7-13(8-10-14)19-23-25-26(2)24-19/h3-10,12H,11H2,1-2H3,(H,20,27)(H,21,22). The number of imidazole rings is 1. The van der Waals surface area contributed by atoms with Crippen molar-refractivity contribution in [1.29, 1.82) is 0 Å². The molecule has 2 heterocycles. The first-order valence-electron chi connectivity index (χ1n) is 8.80. The monoisotopic (exact) mass is 377 g/mol. The zero-order chi connectivity index (χ0) is 19.5. The molecule has 0 fully saturated rings. The van der Waals surface area contributed by atoms with E-state index in [1.807, 2.05) is 43.3 Å². The quantitative estimate of drug-likeness (QED) is 0.532. The second-order valence-corrected chi connectivity index (χ2v) is 6.34. The van der Waals surface area contributed by atoms with Crippen molar-refractivity contribution in [2.75, 3.05) is 6.61 Å². The molecule has 0 aliphatic carbocycles. The van der Waals surface area contributed by atoms with Crippen LogP contribution in [0.1, 0.15) is 18.8 Å². The Hall–Kier alpha value is -3.75. The van der Waals surface area contributed by atoms with Gasteiger partial charge >= 0.3 is 0 Å². The molecule has 1 atom stereocenters. The number of hydrogen-bond acceptors (Lipinski definition) is 6. The molecule has 1 unspecified atom stereocenters. The predicted molar refractivity (Wildman–Crippen MR) is 102 cm³/mol. The van der Waals surface area contributed by atoms with Crippen LogP contribution in [-0.2, 0) is 11.8 Å². The molecule has 2 N–H and O–H groups in total. The molecule has 0 saturated heterocycles. The van der Waals surface area contributed by atoms with E-state index in [1.165, 1.54) is 4.80 Å². The van der Waals surface area contributed by atoms with E-state index in [-0.39, 0.29) is 18.6 Å².